The molecule has 0 saturated carbocycles. The van der Waals surface area contributed by atoms with Gasteiger partial charge in [-0.1, -0.05) is 43.6 Å². The minimum atomic E-state index is 0.175. The van der Waals surface area contributed by atoms with Crippen LogP contribution in [0.25, 0.3) is 0 Å². The zero-order valence-corrected chi connectivity index (χ0v) is 17.5. The Kier molecular flexibility index (Phi) is 8.61. The van der Waals surface area contributed by atoms with Gasteiger partial charge >= 0.3 is 0 Å². The van der Waals surface area contributed by atoms with Gasteiger partial charge in [-0.05, 0) is 37.7 Å². The Bertz CT molecular complexity index is 723. The highest BCUT2D eigenvalue weighted by molar-refractivity contribution is 6.31. The van der Waals surface area contributed by atoms with Crippen molar-refractivity contribution in [2.24, 2.45) is 12.0 Å². The summed E-state index contributed by atoms with van der Waals surface area (Å²) in [5, 5.41) is 11.8. The average molecular weight is 391 g/mol. The van der Waals surface area contributed by atoms with Crippen LogP contribution in [0.2, 0.25) is 5.02 Å². The van der Waals surface area contributed by atoms with Gasteiger partial charge in [0.1, 0.15) is 0 Å². The number of rotatable bonds is 9. The smallest absolute Gasteiger partial charge is 0.191 e. The molecule has 0 aliphatic rings. The van der Waals surface area contributed by atoms with Crippen molar-refractivity contribution in [1.82, 2.24) is 25.3 Å². The zero-order valence-electron chi connectivity index (χ0n) is 16.7. The van der Waals surface area contributed by atoms with Gasteiger partial charge in [-0.25, -0.2) is 4.99 Å². The predicted molar refractivity (Wildman–Crippen MR) is 113 cm³/mol. The topological polar surface area (TPSA) is 57.5 Å². The van der Waals surface area contributed by atoms with Crippen LogP contribution in [0.1, 0.15) is 38.1 Å². The Morgan fingerprint density at radius 2 is 1.93 bits per heavy atom. The van der Waals surface area contributed by atoms with E-state index in [0.29, 0.717) is 6.54 Å². The van der Waals surface area contributed by atoms with Crippen LogP contribution in [-0.4, -0.2) is 46.8 Å². The van der Waals surface area contributed by atoms with Crippen molar-refractivity contribution in [1.29, 1.82) is 0 Å². The van der Waals surface area contributed by atoms with Crippen molar-refractivity contribution in [2.45, 2.75) is 33.4 Å². The molecule has 0 spiro atoms. The minimum absolute atomic E-state index is 0.175. The Hall–Kier alpha value is -2.05. The summed E-state index contributed by atoms with van der Waals surface area (Å²) in [7, 11) is 1.93. The summed E-state index contributed by atoms with van der Waals surface area (Å²) in [6.45, 7) is 10.4. The van der Waals surface area contributed by atoms with Crippen LogP contribution in [0.5, 0.6) is 0 Å². The number of nitrogens with one attached hydrogen (secondary N) is 2. The summed E-state index contributed by atoms with van der Waals surface area (Å²) < 4.78 is 1.84. The summed E-state index contributed by atoms with van der Waals surface area (Å²) in [4.78, 5) is 7.10. The summed E-state index contributed by atoms with van der Waals surface area (Å²) in [5.74, 6) is 0.794. The molecule has 0 aliphatic heterocycles. The van der Waals surface area contributed by atoms with Crippen molar-refractivity contribution in [3.05, 3.63) is 52.8 Å². The molecule has 1 aromatic heterocycles. The first-order valence-electron chi connectivity index (χ1n) is 9.58. The molecule has 1 atom stereocenters. The van der Waals surface area contributed by atoms with Gasteiger partial charge in [-0.15, -0.1) is 0 Å². The van der Waals surface area contributed by atoms with Gasteiger partial charge in [-0.2, -0.15) is 5.10 Å². The minimum Gasteiger partial charge on any atom is -0.357 e. The second kappa shape index (κ2) is 10.9. The maximum absolute atomic E-state index is 6.49. The second-order valence-corrected chi connectivity index (χ2v) is 6.69. The fourth-order valence-corrected chi connectivity index (χ4v) is 3.36. The highest BCUT2D eigenvalue weighted by Gasteiger charge is 2.20. The highest BCUT2D eigenvalue weighted by Crippen LogP contribution is 2.26. The van der Waals surface area contributed by atoms with E-state index >= 15 is 0 Å². The second-order valence-electron chi connectivity index (χ2n) is 6.28. The lowest BCUT2D eigenvalue weighted by Gasteiger charge is -2.31. The maximum Gasteiger partial charge on any atom is 0.191 e. The lowest BCUT2D eigenvalue weighted by molar-refractivity contribution is 0.219. The number of aromatic nitrogens is 2. The molecule has 7 heteroatoms. The lowest BCUT2D eigenvalue weighted by atomic mass is 10.0. The molecule has 0 bridgehead atoms. The Morgan fingerprint density at radius 3 is 2.52 bits per heavy atom. The third-order valence-corrected chi connectivity index (χ3v) is 4.99. The first-order valence-corrected chi connectivity index (χ1v) is 9.95. The number of aliphatic imine (C=N–C) groups is 1. The molecule has 0 saturated heterocycles. The molecule has 1 aromatic carbocycles. The monoisotopic (exact) mass is 390 g/mol. The van der Waals surface area contributed by atoms with Crippen molar-refractivity contribution in [3.8, 4) is 0 Å². The Labute approximate surface area is 167 Å². The molecule has 2 aromatic rings. The number of benzene rings is 1. The number of guanidine groups is 1. The molecule has 6 nitrogen and oxygen atoms in total. The third-order valence-electron chi connectivity index (χ3n) is 4.65. The molecule has 0 aliphatic carbocycles. The molecule has 2 rings (SSSR count). The van der Waals surface area contributed by atoms with E-state index in [-0.39, 0.29) is 6.04 Å². The highest BCUT2D eigenvalue weighted by atomic mass is 35.5. The fraction of sp³-hybridized carbons (Fsp3) is 0.500. The molecule has 2 N–H and O–H groups in total. The van der Waals surface area contributed by atoms with Gasteiger partial charge in [0.2, 0.25) is 0 Å². The fourth-order valence-electron chi connectivity index (χ4n) is 3.10. The van der Waals surface area contributed by atoms with Gasteiger partial charge in [0, 0.05) is 31.4 Å². The van der Waals surface area contributed by atoms with Crippen LogP contribution in [0.4, 0.5) is 0 Å². The number of aryl methyl sites for hydroxylation is 1. The molecule has 1 heterocycles. The summed E-state index contributed by atoms with van der Waals surface area (Å²) in [5.41, 5.74) is 2.21. The van der Waals surface area contributed by atoms with Gasteiger partial charge in [0.15, 0.2) is 5.96 Å². The van der Waals surface area contributed by atoms with E-state index in [1.54, 1.807) is 6.20 Å². The van der Waals surface area contributed by atoms with E-state index in [2.05, 4.69) is 47.5 Å². The average Bonchev–Trinajstić information content (AvgIpc) is 3.08. The molecular weight excluding hydrogens is 360 g/mol. The van der Waals surface area contributed by atoms with E-state index in [1.165, 1.54) is 0 Å². The van der Waals surface area contributed by atoms with E-state index in [1.807, 2.05) is 36.0 Å². The number of hydrogen-bond donors (Lipinski definition) is 2. The number of likely N-dealkylation sites (N-methyl/N-ethyl adjacent to an activating group) is 1. The van der Waals surface area contributed by atoms with Gasteiger partial charge in [-0.3, -0.25) is 9.58 Å². The largest absolute Gasteiger partial charge is 0.357 e. The van der Waals surface area contributed by atoms with E-state index in [9.17, 15) is 0 Å². The van der Waals surface area contributed by atoms with E-state index < -0.39 is 0 Å². The van der Waals surface area contributed by atoms with Crippen molar-refractivity contribution in [3.63, 3.8) is 0 Å². The zero-order chi connectivity index (χ0) is 19.6. The van der Waals surface area contributed by atoms with Crippen LogP contribution in [0.3, 0.4) is 0 Å². The first kappa shape index (κ1) is 21.3. The van der Waals surface area contributed by atoms with Crippen LogP contribution in [0, 0.1) is 0 Å². The standard InChI is InChI=1S/C20H31ClN6/c1-5-22-20(23-14-16-12-13-25-26(16)4)24-15-19(27(6-2)7-3)17-10-8-9-11-18(17)21/h8-13,19H,5-7,14-15H2,1-4H3,(H2,22,23,24). The molecule has 27 heavy (non-hydrogen) atoms. The van der Waals surface area contributed by atoms with Crippen LogP contribution < -0.4 is 10.6 Å². The molecule has 1 unspecified atom stereocenters. The normalized spacial score (nSPS) is 13.0. The first-order chi connectivity index (χ1) is 13.1. The van der Waals surface area contributed by atoms with Crippen LogP contribution in [-0.2, 0) is 13.6 Å². The van der Waals surface area contributed by atoms with E-state index in [0.717, 1.165) is 48.4 Å². The summed E-state index contributed by atoms with van der Waals surface area (Å²) >= 11 is 6.49. The van der Waals surface area contributed by atoms with Crippen molar-refractivity contribution >= 4 is 17.6 Å². The number of hydrogen-bond acceptors (Lipinski definition) is 3. The summed E-state index contributed by atoms with van der Waals surface area (Å²) in [6, 6.07) is 10.2. The molecule has 0 amide bonds. The van der Waals surface area contributed by atoms with Gasteiger partial charge in [0.25, 0.3) is 0 Å². The number of nitrogens with zero attached hydrogens (tertiary/aromatic N) is 4. The SMILES string of the molecule is CCNC(=NCc1ccnn1C)NCC(c1ccccc1Cl)N(CC)CC. The molecule has 0 fully saturated rings. The van der Waals surface area contributed by atoms with Crippen LogP contribution >= 0.6 is 11.6 Å². The lowest BCUT2D eigenvalue weighted by Crippen LogP contribution is -2.43. The van der Waals surface area contributed by atoms with E-state index in [4.69, 9.17) is 16.6 Å². The number of halogens is 1. The molecular formula is C20H31ClN6. The van der Waals surface area contributed by atoms with Crippen molar-refractivity contribution < 1.29 is 0 Å². The summed E-state index contributed by atoms with van der Waals surface area (Å²) in [6.07, 6.45) is 1.79. The van der Waals surface area contributed by atoms with Crippen molar-refractivity contribution in [2.75, 3.05) is 26.2 Å². The van der Waals surface area contributed by atoms with Gasteiger partial charge < -0.3 is 10.6 Å². The van der Waals surface area contributed by atoms with Gasteiger partial charge in [0.05, 0.1) is 18.3 Å². The Morgan fingerprint density at radius 1 is 1.19 bits per heavy atom. The van der Waals surface area contributed by atoms with Crippen LogP contribution in [0.15, 0.2) is 41.5 Å². The third kappa shape index (κ3) is 5.97. The maximum atomic E-state index is 6.49. The Balaban J connectivity index is 2.14. The quantitative estimate of drug-likeness (QED) is 0.510. The molecule has 0 radical (unpaired) electrons. The molecule has 148 valence electrons. The predicted octanol–water partition coefficient (Wildman–Crippen LogP) is 3.21.